The molecule has 0 saturated carbocycles. The Morgan fingerprint density at radius 3 is 2.29 bits per heavy atom. The number of hydrogen-bond donors (Lipinski definition) is 1. The minimum atomic E-state index is -0.575. The van der Waals surface area contributed by atoms with Gasteiger partial charge in [0.1, 0.15) is 0 Å². The second-order valence-electron chi connectivity index (χ2n) is 7.98. The van der Waals surface area contributed by atoms with Gasteiger partial charge in [-0.3, -0.25) is 19.7 Å². The molecule has 1 N–H and O–H groups in total. The van der Waals surface area contributed by atoms with Crippen molar-refractivity contribution in [1.82, 2.24) is 4.90 Å². The molecule has 1 fully saturated rings. The molecule has 0 radical (unpaired) electrons. The van der Waals surface area contributed by atoms with E-state index in [1.807, 2.05) is 53.4 Å². The lowest BCUT2D eigenvalue weighted by Gasteiger charge is -2.35. The first-order valence-corrected chi connectivity index (χ1v) is 11.4. The Bertz CT molecular complexity index is 1250. The van der Waals surface area contributed by atoms with Crippen molar-refractivity contribution < 1.29 is 14.5 Å². The van der Waals surface area contributed by atoms with Gasteiger partial charge in [-0.15, -0.1) is 0 Å². The van der Waals surface area contributed by atoms with E-state index in [-0.39, 0.29) is 22.2 Å². The lowest BCUT2D eigenvalue weighted by molar-refractivity contribution is -0.384. The van der Waals surface area contributed by atoms with Crippen LogP contribution >= 0.6 is 11.6 Å². The number of non-ortho nitro benzene ring substituents is 1. The molecule has 2 amide bonds. The molecule has 0 unspecified atom stereocenters. The Hall–Kier alpha value is -4.17. The van der Waals surface area contributed by atoms with Gasteiger partial charge in [-0.05, 0) is 42.0 Å². The largest absolute Gasteiger partial charge is 0.368 e. The first-order chi connectivity index (χ1) is 16.9. The fourth-order valence-corrected chi connectivity index (χ4v) is 3.98. The molecule has 178 valence electrons. The van der Waals surface area contributed by atoms with Crippen molar-refractivity contribution in [2.45, 2.75) is 0 Å². The van der Waals surface area contributed by atoms with Gasteiger partial charge in [0.2, 0.25) is 5.91 Å². The Kier molecular flexibility index (Phi) is 7.42. The number of halogens is 1. The van der Waals surface area contributed by atoms with Gasteiger partial charge in [0.05, 0.1) is 15.5 Å². The van der Waals surface area contributed by atoms with Crippen molar-refractivity contribution in [3.05, 3.63) is 105 Å². The zero-order valence-electron chi connectivity index (χ0n) is 18.8. The molecule has 0 spiro atoms. The maximum absolute atomic E-state index is 12.6. The summed E-state index contributed by atoms with van der Waals surface area (Å²) in [6.07, 6.45) is 3.43. The molecule has 0 bridgehead atoms. The highest BCUT2D eigenvalue weighted by Gasteiger charge is 2.20. The van der Waals surface area contributed by atoms with Gasteiger partial charge in [0.15, 0.2) is 0 Å². The molecular formula is C26H23ClN4O4. The van der Waals surface area contributed by atoms with E-state index < -0.39 is 10.8 Å². The molecule has 0 atom stereocenters. The van der Waals surface area contributed by atoms with Gasteiger partial charge in [0, 0.05) is 55.8 Å². The number of carbonyl (C=O) groups is 2. The van der Waals surface area contributed by atoms with E-state index in [2.05, 4.69) is 10.2 Å². The average molecular weight is 491 g/mol. The maximum Gasteiger partial charge on any atom is 0.270 e. The summed E-state index contributed by atoms with van der Waals surface area (Å²) >= 11 is 6.05. The molecule has 1 aliphatic rings. The number of nitrogens with zero attached hydrogens (tertiary/aromatic N) is 3. The standard InChI is InChI=1S/C26H23ClN4O4/c27-24-12-11-22(31(34)35)18-23(24)26(33)28-20-7-9-21(10-8-20)29-14-16-30(17-15-29)25(32)13-6-19-4-2-1-3-5-19/h1-13,18H,14-17H2,(H,28,33)/b13-6+. The minimum Gasteiger partial charge on any atom is -0.368 e. The fourth-order valence-electron chi connectivity index (χ4n) is 3.78. The predicted molar refractivity (Wildman–Crippen MR) is 137 cm³/mol. The summed E-state index contributed by atoms with van der Waals surface area (Å²) in [6, 6.07) is 20.7. The zero-order valence-corrected chi connectivity index (χ0v) is 19.5. The second-order valence-corrected chi connectivity index (χ2v) is 8.39. The summed E-state index contributed by atoms with van der Waals surface area (Å²) < 4.78 is 0. The Morgan fingerprint density at radius 1 is 0.943 bits per heavy atom. The number of nitro groups is 1. The number of hydrogen-bond acceptors (Lipinski definition) is 5. The van der Waals surface area contributed by atoms with E-state index in [0.717, 1.165) is 17.3 Å². The number of rotatable bonds is 6. The number of anilines is 2. The predicted octanol–water partition coefficient (Wildman–Crippen LogP) is 4.86. The van der Waals surface area contributed by atoms with Crippen LogP contribution in [0.1, 0.15) is 15.9 Å². The van der Waals surface area contributed by atoms with E-state index >= 15 is 0 Å². The third-order valence-corrected chi connectivity index (χ3v) is 6.03. The first kappa shape index (κ1) is 24.0. The molecule has 1 heterocycles. The van der Waals surface area contributed by atoms with Crippen molar-refractivity contribution in [3.63, 3.8) is 0 Å². The van der Waals surface area contributed by atoms with Crippen LogP contribution in [0, 0.1) is 10.1 Å². The van der Waals surface area contributed by atoms with Crippen molar-refractivity contribution in [2.75, 3.05) is 36.4 Å². The van der Waals surface area contributed by atoms with Crippen LogP contribution in [0.5, 0.6) is 0 Å². The van der Waals surface area contributed by atoms with Gasteiger partial charge in [-0.2, -0.15) is 0 Å². The second kappa shape index (κ2) is 10.8. The molecular weight excluding hydrogens is 468 g/mol. The van der Waals surface area contributed by atoms with Crippen LogP contribution in [-0.2, 0) is 4.79 Å². The van der Waals surface area contributed by atoms with Crippen LogP contribution in [0.15, 0.2) is 78.9 Å². The van der Waals surface area contributed by atoms with Gasteiger partial charge in [0.25, 0.3) is 11.6 Å². The highest BCUT2D eigenvalue weighted by atomic mass is 35.5. The van der Waals surface area contributed by atoms with E-state index in [4.69, 9.17) is 11.6 Å². The SMILES string of the molecule is O=C(Nc1ccc(N2CCN(C(=O)/C=C/c3ccccc3)CC2)cc1)c1cc([N+](=O)[O-])ccc1Cl. The number of amides is 2. The third-order valence-electron chi connectivity index (χ3n) is 5.70. The molecule has 1 saturated heterocycles. The zero-order chi connectivity index (χ0) is 24.8. The van der Waals surface area contributed by atoms with Crippen LogP contribution < -0.4 is 10.2 Å². The van der Waals surface area contributed by atoms with Crippen molar-refractivity contribution in [3.8, 4) is 0 Å². The molecule has 1 aliphatic heterocycles. The smallest absolute Gasteiger partial charge is 0.270 e. The van der Waals surface area contributed by atoms with E-state index in [0.29, 0.717) is 31.9 Å². The summed E-state index contributed by atoms with van der Waals surface area (Å²) in [5, 5.41) is 13.8. The highest BCUT2D eigenvalue weighted by molar-refractivity contribution is 6.34. The Balaban J connectivity index is 1.32. The number of nitrogens with one attached hydrogen (secondary N) is 1. The summed E-state index contributed by atoms with van der Waals surface area (Å²) in [4.78, 5) is 39.5. The summed E-state index contributed by atoms with van der Waals surface area (Å²) in [5.41, 5.74) is 2.33. The maximum atomic E-state index is 12.6. The quantitative estimate of drug-likeness (QED) is 0.302. The number of carbonyl (C=O) groups excluding carboxylic acids is 2. The van der Waals surface area contributed by atoms with Gasteiger partial charge in [-0.25, -0.2) is 0 Å². The van der Waals surface area contributed by atoms with Crippen LogP contribution in [0.3, 0.4) is 0 Å². The summed E-state index contributed by atoms with van der Waals surface area (Å²) in [6.45, 7) is 2.61. The molecule has 9 heteroatoms. The Morgan fingerprint density at radius 2 is 1.63 bits per heavy atom. The first-order valence-electron chi connectivity index (χ1n) is 11.0. The molecule has 3 aromatic carbocycles. The molecule has 8 nitrogen and oxygen atoms in total. The van der Waals surface area contributed by atoms with E-state index in [9.17, 15) is 19.7 Å². The number of piperazine rings is 1. The molecule has 0 aromatic heterocycles. The monoisotopic (exact) mass is 490 g/mol. The number of nitro benzene ring substituents is 1. The Labute approximate surface area is 207 Å². The summed E-state index contributed by atoms with van der Waals surface area (Å²) in [7, 11) is 0. The lowest BCUT2D eigenvalue weighted by atomic mass is 10.1. The molecule has 3 aromatic rings. The van der Waals surface area contributed by atoms with Gasteiger partial charge in [-0.1, -0.05) is 41.9 Å². The van der Waals surface area contributed by atoms with Crippen LogP contribution in [0.4, 0.5) is 17.1 Å². The van der Waals surface area contributed by atoms with E-state index in [1.165, 1.54) is 12.1 Å². The topological polar surface area (TPSA) is 95.8 Å². The number of benzene rings is 3. The molecule has 4 rings (SSSR count). The van der Waals surface area contributed by atoms with Crippen molar-refractivity contribution in [1.29, 1.82) is 0 Å². The molecule has 35 heavy (non-hydrogen) atoms. The van der Waals surface area contributed by atoms with Gasteiger partial charge < -0.3 is 15.1 Å². The lowest BCUT2D eigenvalue weighted by Crippen LogP contribution is -2.48. The summed E-state index contributed by atoms with van der Waals surface area (Å²) in [5.74, 6) is -0.534. The third kappa shape index (κ3) is 6.04. The van der Waals surface area contributed by atoms with Crippen LogP contribution in [0.25, 0.3) is 6.08 Å². The van der Waals surface area contributed by atoms with Crippen LogP contribution in [0.2, 0.25) is 5.02 Å². The van der Waals surface area contributed by atoms with Crippen molar-refractivity contribution in [2.24, 2.45) is 0 Å². The van der Waals surface area contributed by atoms with Crippen LogP contribution in [-0.4, -0.2) is 47.8 Å². The molecule has 0 aliphatic carbocycles. The highest BCUT2D eigenvalue weighted by Crippen LogP contribution is 2.24. The van der Waals surface area contributed by atoms with Gasteiger partial charge >= 0.3 is 0 Å². The van der Waals surface area contributed by atoms with Crippen molar-refractivity contribution >= 4 is 46.6 Å². The van der Waals surface area contributed by atoms with E-state index in [1.54, 1.807) is 18.2 Å². The average Bonchev–Trinajstić information content (AvgIpc) is 2.88. The minimum absolute atomic E-state index is 0.00799. The fraction of sp³-hybridized carbons (Fsp3) is 0.154. The normalized spacial score (nSPS) is 13.6.